The molecule has 1 aromatic rings. The first kappa shape index (κ1) is 20.0. The molecule has 1 atom stereocenters. The molecular formula is C23H26F3N3+2. The van der Waals surface area contributed by atoms with E-state index in [9.17, 15) is 13.2 Å². The van der Waals surface area contributed by atoms with Gasteiger partial charge in [-0.2, -0.15) is 13.2 Å². The summed E-state index contributed by atoms with van der Waals surface area (Å²) in [6.45, 7) is 4.03. The molecular weight excluding hydrogens is 375 g/mol. The van der Waals surface area contributed by atoms with Crippen molar-refractivity contribution in [3.8, 4) is 0 Å². The van der Waals surface area contributed by atoms with Gasteiger partial charge in [0.2, 0.25) is 0 Å². The molecule has 3 aliphatic rings. The van der Waals surface area contributed by atoms with Crippen LogP contribution in [0.4, 0.5) is 13.2 Å². The maximum atomic E-state index is 13.7. The van der Waals surface area contributed by atoms with Crippen LogP contribution < -0.4 is 0 Å². The van der Waals surface area contributed by atoms with Crippen molar-refractivity contribution in [2.24, 2.45) is 17.0 Å². The monoisotopic (exact) mass is 401 g/mol. The molecule has 152 valence electrons. The number of alkyl halides is 3. The van der Waals surface area contributed by atoms with Crippen LogP contribution in [-0.2, 0) is 6.18 Å². The Hall–Kier alpha value is -2.33. The lowest BCUT2D eigenvalue weighted by Crippen LogP contribution is -2.23. The average Bonchev–Trinajstić information content (AvgIpc) is 3.11. The van der Waals surface area contributed by atoms with Crippen LogP contribution in [0.25, 0.3) is 0 Å². The number of hydrogen-bond donors (Lipinski definition) is 0. The smallest absolute Gasteiger partial charge is 0.245 e. The van der Waals surface area contributed by atoms with E-state index in [2.05, 4.69) is 21.8 Å². The van der Waals surface area contributed by atoms with Crippen molar-refractivity contribution in [2.75, 3.05) is 0 Å². The van der Waals surface area contributed by atoms with E-state index in [4.69, 9.17) is 0 Å². The fourth-order valence-electron chi connectivity index (χ4n) is 4.67. The van der Waals surface area contributed by atoms with Gasteiger partial charge in [-0.3, -0.25) is 0 Å². The second-order valence-electron chi connectivity index (χ2n) is 8.24. The molecule has 1 aliphatic heterocycles. The van der Waals surface area contributed by atoms with Crippen LogP contribution in [0.2, 0.25) is 0 Å². The molecule has 0 aromatic carbocycles. The maximum absolute atomic E-state index is 13.7. The van der Waals surface area contributed by atoms with Gasteiger partial charge in [-0.25, -0.2) is 4.98 Å². The summed E-state index contributed by atoms with van der Waals surface area (Å²) in [6, 6.07) is 2.76. The highest BCUT2D eigenvalue weighted by Crippen LogP contribution is 2.38. The third-order valence-corrected chi connectivity index (χ3v) is 6.36. The summed E-state index contributed by atoms with van der Waals surface area (Å²) < 4.78 is 41.2. The van der Waals surface area contributed by atoms with Crippen LogP contribution in [0.3, 0.4) is 0 Å². The summed E-state index contributed by atoms with van der Waals surface area (Å²) in [5.41, 5.74) is 1.06. The van der Waals surface area contributed by atoms with E-state index in [0.717, 1.165) is 50.6 Å². The summed E-state index contributed by atoms with van der Waals surface area (Å²) in [4.78, 5) is 8.70. The van der Waals surface area contributed by atoms with E-state index in [-0.39, 0.29) is 17.5 Å². The summed E-state index contributed by atoms with van der Waals surface area (Å²) in [7, 11) is 0. The molecule has 0 spiro atoms. The van der Waals surface area contributed by atoms with Gasteiger partial charge in [0.15, 0.2) is 5.69 Å². The molecule has 0 N–H and O–H groups in total. The third kappa shape index (κ3) is 4.18. The quantitative estimate of drug-likeness (QED) is 0.433. The Bertz CT molecular complexity index is 881. The first-order valence-corrected chi connectivity index (χ1v) is 10.5. The zero-order valence-electron chi connectivity index (χ0n) is 16.5. The van der Waals surface area contributed by atoms with E-state index in [0.29, 0.717) is 23.7 Å². The number of nitrogens with zero attached hydrogens (tertiary/aromatic N) is 3. The fraction of sp³-hybridized carbons (Fsp3) is 0.522. The van der Waals surface area contributed by atoms with Gasteiger partial charge in [-0.15, -0.1) is 0 Å². The van der Waals surface area contributed by atoms with Gasteiger partial charge in [-0.05, 0) is 56.2 Å². The van der Waals surface area contributed by atoms with E-state index < -0.39 is 11.7 Å². The van der Waals surface area contributed by atoms with Gasteiger partial charge in [0, 0.05) is 11.6 Å². The Balaban J connectivity index is 1.66. The van der Waals surface area contributed by atoms with Gasteiger partial charge in [0.1, 0.15) is 16.7 Å². The SMILES string of the molecule is [CH2+]CC1CCCC(c2ccc(C(F)(F)F)c(C3=[N+]=NC4=CC=CCC43)n2)CCC1. The molecule has 4 rings (SSSR count). The van der Waals surface area contributed by atoms with Crippen LogP contribution in [0, 0.1) is 18.8 Å². The van der Waals surface area contributed by atoms with Crippen molar-refractivity contribution in [3.63, 3.8) is 0 Å². The molecule has 6 heteroatoms. The van der Waals surface area contributed by atoms with Gasteiger partial charge < -0.3 is 0 Å². The lowest BCUT2D eigenvalue weighted by atomic mass is 9.83. The summed E-state index contributed by atoms with van der Waals surface area (Å²) in [5, 5.41) is 4.11. The molecule has 1 aromatic heterocycles. The fourth-order valence-corrected chi connectivity index (χ4v) is 4.67. The van der Waals surface area contributed by atoms with Gasteiger partial charge in [0.05, 0.1) is 23.7 Å². The normalized spacial score (nSPS) is 27.1. The number of fused-ring (bicyclic) bond motifs is 1. The standard InChI is InChI=1S/C23H26F3N3/c1-2-15-7-5-9-16(10-6-8-15)19-14-13-18(23(24,25)26)22(27-19)21-17-11-3-4-12-20(17)28-29-21/h3-4,12-17H,1-2,5-11H2/q+2. The third-order valence-electron chi connectivity index (χ3n) is 6.36. The molecule has 2 heterocycles. The maximum Gasteiger partial charge on any atom is 0.418 e. The van der Waals surface area contributed by atoms with Crippen molar-refractivity contribution in [3.05, 3.63) is 59.9 Å². The minimum absolute atomic E-state index is 0.0415. The van der Waals surface area contributed by atoms with Crippen LogP contribution in [0.5, 0.6) is 0 Å². The molecule has 0 saturated heterocycles. The van der Waals surface area contributed by atoms with E-state index in [1.807, 2.05) is 18.2 Å². The molecule has 1 saturated carbocycles. The summed E-state index contributed by atoms with van der Waals surface area (Å²) in [6.07, 6.45) is 9.06. The Morgan fingerprint density at radius 1 is 1.10 bits per heavy atom. The van der Waals surface area contributed by atoms with E-state index >= 15 is 0 Å². The molecule has 1 unspecified atom stereocenters. The zero-order valence-corrected chi connectivity index (χ0v) is 16.5. The predicted molar refractivity (Wildman–Crippen MR) is 105 cm³/mol. The Labute approximate surface area is 169 Å². The Morgan fingerprint density at radius 3 is 2.55 bits per heavy atom. The van der Waals surface area contributed by atoms with Crippen molar-refractivity contribution in [1.82, 2.24) is 4.98 Å². The molecule has 0 amide bonds. The van der Waals surface area contributed by atoms with Crippen LogP contribution in [-0.4, -0.2) is 15.5 Å². The van der Waals surface area contributed by atoms with Crippen molar-refractivity contribution >= 4 is 5.71 Å². The average molecular weight is 401 g/mol. The Kier molecular flexibility index (Phi) is 5.64. The number of halogens is 3. The first-order chi connectivity index (χ1) is 14.0. The largest absolute Gasteiger partial charge is 0.418 e. The van der Waals surface area contributed by atoms with Crippen LogP contribution in [0.1, 0.15) is 74.2 Å². The van der Waals surface area contributed by atoms with Crippen molar-refractivity contribution in [1.29, 1.82) is 0 Å². The molecule has 2 aliphatic carbocycles. The highest BCUT2D eigenvalue weighted by molar-refractivity contribution is 6.00. The Morgan fingerprint density at radius 2 is 1.86 bits per heavy atom. The summed E-state index contributed by atoms with van der Waals surface area (Å²) >= 11 is 0. The van der Waals surface area contributed by atoms with Crippen LogP contribution in [0.15, 0.2) is 41.2 Å². The highest BCUT2D eigenvalue weighted by Gasteiger charge is 2.45. The molecule has 29 heavy (non-hydrogen) atoms. The van der Waals surface area contributed by atoms with E-state index in [1.165, 1.54) is 6.07 Å². The second kappa shape index (κ2) is 8.19. The molecule has 0 bridgehead atoms. The topological polar surface area (TPSA) is 39.4 Å². The minimum Gasteiger partial charge on any atom is -0.245 e. The van der Waals surface area contributed by atoms with Gasteiger partial charge in [0.25, 0.3) is 0 Å². The highest BCUT2D eigenvalue weighted by atomic mass is 19.4. The molecule has 1 fully saturated rings. The van der Waals surface area contributed by atoms with Gasteiger partial charge in [-0.1, -0.05) is 25.0 Å². The predicted octanol–water partition coefficient (Wildman–Crippen LogP) is 6.30. The van der Waals surface area contributed by atoms with Crippen molar-refractivity contribution < 1.29 is 18.0 Å². The number of hydrogen-bond acceptors (Lipinski definition) is 2. The number of rotatable bonds is 3. The first-order valence-electron chi connectivity index (χ1n) is 10.5. The zero-order chi connectivity index (χ0) is 20.4. The number of aromatic nitrogens is 1. The molecule has 3 nitrogen and oxygen atoms in total. The minimum atomic E-state index is -4.47. The van der Waals surface area contributed by atoms with E-state index in [1.54, 1.807) is 6.07 Å². The van der Waals surface area contributed by atoms with Gasteiger partial charge >= 0.3 is 11.9 Å². The van der Waals surface area contributed by atoms with Crippen molar-refractivity contribution in [2.45, 2.75) is 63.5 Å². The lowest BCUT2D eigenvalue weighted by molar-refractivity contribution is -0.138. The number of pyridine rings is 1. The number of allylic oxidation sites excluding steroid dienone is 4. The second-order valence-corrected chi connectivity index (χ2v) is 8.24. The van der Waals surface area contributed by atoms with Crippen LogP contribution >= 0.6 is 0 Å². The molecule has 0 radical (unpaired) electrons. The summed E-state index contributed by atoms with van der Waals surface area (Å²) in [5.74, 6) is 0.632. The lowest BCUT2D eigenvalue weighted by Gasteiger charge is -2.23.